The molecule has 1 aliphatic rings. The molecular weight excluding hydrogens is 377 g/mol. The van der Waals surface area contributed by atoms with E-state index in [2.05, 4.69) is 10.4 Å². The molecule has 0 spiro atoms. The van der Waals surface area contributed by atoms with Crippen LogP contribution in [0.4, 0.5) is 4.39 Å². The van der Waals surface area contributed by atoms with Gasteiger partial charge < -0.3 is 5.32 Å². The van der Waals surface area contributed by atoms with Gasteiger partial charge in [0.25, 0.3) is 5.91 Å². The second-order valence-electron chi connectivity index (χ2n) is 7.09. The summed E-state index contributed by atoms with van der Waals surface area (Å²) in [5, 5.41) is 8.18. The van der Waals surface area contributed by atoms with Crippen LogP contribution >= 0.6 is 11.6 Å². The lowest BCUT2D eigenvalue weighted by molar-refractivity contribution is 0.0920. The van der Waals surface area contributed by atoms with Gasteiger partial charge in [0.05, 0.1) is 11.4 Å². The molecule has 1 amide bonds. The van der Waals surface area contributed by atoms with E-state index in [0.29, 0.717) is 27.7 Å². The summed E-state index contributed by atoms with van der Waals surface area (Å²) in [6, 6.07) is 15.3. The van der Waals surface area contributed by atoms with Crippen molar-refractivity contribution in [1.29, 1.82) is 0 Å². The molecule has 0 saturated heterocycles. The minimum Gasteiger partial charge on any atom is -0.348 e. The van der Waals surface area contributed by atoms with Crippen LogP contribution in [0.25, 0.3) is 16.9 Å². The Bertz CT molecular complexity index is 995. The summed E-state index contributed by atoms with van der Waals surface area (Å²) >= 11 is 6.13. The van der Waals surface area contributed by atoms with Gasteiger partial charge in [-0.25, -0.2) is 9.07 Å². The Kier molecular flexibility index (Phi) is 5.44. The minimum absolute atomic E-state index is 0.167. The van der Waals surface area contributed by atoms with Gasteiger partial charge in [-0.3, -0.25) is 4.79 Å². The first-order valence-corrected chi connectivity index (χ1v) is 9.91. The van der Waals surface area contributed by atoms with E-state index in [-0.39, 0.29) is 17.8 Å². The van der Waals surface area contributed by atoms with E-state index in [4.69, 9.17) is 11.6 Å². The lowest BCUT2D eigenvalue weighted by atomic mass is 9.95. The van der Waals surface area contributed by atoms with Gasteiger partial charge in [0.1, 0.15) is 11.5 Å². The molecule has 144 valence electrons. The minimum atomic E-state index is -0.377. The quantitative estimate of drug-likeness (QED) is 0.641. The van der Waals surface area contributed by atoms with Crippen molar-refractivity contribution in [2.24, 2.45) is 0 Å². The molecule has 4 nitrogen and oxygen atoms in total. The Labute approximate surface area is 168 Å². The zero-order valence-electron chi connectivity index (χ0n) is 15.4. The SMILES string of the molecule is O=C(NC1CCCCC1)c1cc(-c2ccccc2F)nn1-c1cccc(Cl)c1. The first kappa shape index (κ1) is 18.7. The molecule has 28 heavy (non-hydrogen) atoms. The van der Waals surface area contributed by atoms with Crippen LogP contribution in [0.2, 0.25) is 5.02 Å². The fourth-order valence-electron chi connectivity index (χ4n) is 3.65. The van der Waals surface area contributed by atoms with Crippen molar-refractivity contribution in [3.05, 3.63) is 71.1 Å². The lowest BCUT2D eigenvalue weighted by Crippen LogP contribution is -2.37. The zero-order chi connectivity index (χ0) is 19.5. The Balaban J connectivity index is 1.74. The van der Waals surface area contributed by atoms with E-state index in [1.54, 1.807) is 42.5 Å². The molecule has 0 aliphatic heterocycles. The summed E-state index contributed by atoms with van der Waals surface area (Å²) in [6.45, 7) is 0. The molecule has 6 heteroatoms. The topological polar surface area (TPSA) is 46.9 Å². The van der Waals surface area contributed by atoms with Crippen molar-refractivity contribution in [1.82, 2.24) is 15.1 Å². The monoisotopic (exact) mass is 397 g/mol. The summed E-state index contributed by atoms with van der Waals surface area (Å²) in [7, 11) is 0. The predicted octanol–water partition coefficient (Wildman–Crippen LogP) is 5.39. The van der Waals surface area contributed by atoms with Crippen molar-refractivity contribution < 1.29 is 9.18 Å². The van der Waals surface area contributed by atoms with Gasteiger partial charge in [0.15, 0.2) is 0 Å². The fourth-order valence-corrected chi connectivity index (χ4v) is 3.84. The highest BCUT2D eigenvalue weighted by Gasteiger charge is 2.22. The third-order valence-corrected chi connectivity index (χ3v) is 5.32. The van der Waals surface area contributed by atoms with Gasteiger partial charge in [-0.2, -0.15) is 5.10 Å². The van der Waals surface area contributed by atoms with E-state index in [9.17, 15) is 9.18 Å². The number of nitrogens with zero attached hydrogens (tertiary/aromatic N) is 2. The number of benzene rings is 2. The average molecular weight is 398 g/mol. The van der Waals surface area contributed by atoms with Gasteiger partial charge >= 0.3 is 0 Å². The van der Waals surface area contributed by atoms with E-state index in [1.807, 2.05) is 6.07 Å². The maximum absolute atomic E-state index is 14.3. The molecule has 1 fully saturated rings. The Morgan fingerprint density at radius 2 is 1.86 bits per heavy atom. The van der Waals surface area contributed by atoms with Crippen LogP contribution in [0.3, 0.4) is 0 Å². The predicted molar refractivity (Wildman–Crippen MR) is 108 cm³/mol. The third-order valence-electron chi connectivity index (χ3n) is 5.08. The van der Waals surface area contributed by atoms with E-state index < -0.39 is 0 Å². The van der Waals surface area contributed by atoms with Crippen LogP contribution in [0.15, 0.2) is 54.6 Å². The molecule has 3 aromatic rings. The first-order valence-electron chi connectivity index (χ1n) is 9.53. The molecule has 1 aromatic heterocycles. The Morgan fingerprint density at radius 1 is 1.07 bits per heavy atom. The maximum atomic E-state index is 14.3. The molecule has 1 aliphatic carbocycles. The second-order valence-corrected chi connectivity index (χ2v) is 7.53. The average Bonchev–Trinajstić information content (AvgIpc) is 3.14. The van der Waals surface area contributed by atoms with E-state index in [1.165, 1.54) is 17.2 Å². The van der Waals surface area contributed by atoms with Crippen molar-refractivity contribution in [3.63, 3.8) is 0 Å². The van der Waals surface area contributed by atoms with Gasteiger partial charge in [0.2, 0.25) is 0 Å². The van der Waals surface area contributed by atoms with Crippen LogP contribution in [0.1, 0.15) is 42.6 Å². The molecule has 2 aromatic carbocycles. The standard InChI is InChI=1S/C22H21ClFN3O/c23-15-7-6-10-17(13-15)27-21(22(28)25-16-8-2-1-3-9-16)14-20(26-27)18-11-4-5-12-19(18)24/h4-7,10-14,16H,1-3,8-9H2,(H,25,28). The van der Waals surface area contributed by atoms with E-state index >= 15 is 0 Å². The lowest BCUT2D eigenvalue weighted by Gasteiger charge is -2.22. The number of carbonyl (C=O) groups is 1. The van der Waals surface area contributed by atoms with Crippen LogP contribution in [0.5, 0.6) is 0 Å². The Morgan fingerprint density at radius 3 is 2.61 bits per heavy atom. The van der Waals surface area contributed by atoms with Crippen molar-refractivity contribution in [3.8, 4) is 16.9 Å². The molecule has 1 N–H and O–H groups in total. The van der Waals surface area contributed by atoms with Crippen LogP contribution in [-0.4, -0.2) is 21.7 Å². The fraction of sp³-hybridized carbons (Fsp3) is 0.273. The number of hydrogen-bond acceptors (Lipinski definition) is 2. The van der Waals surface area contributed by atoms with Gasteiger partial charge in [-0.05, 0) is 49.2 Å². The summed E-state index contributed by atoms with van der Waals surface area (Å²) < 4.78 is 15.8. The largest absolute Gasteiger partial charge is 0.348 e. The number of halogens is 2. The molecule has 4 rings (SSSR count). The number of nitrogens with one attached hydrogen (secondary N) is 1. The molecule has 1 saturated carbocycles. The molecule has 0 atom stereocenters. The highest BCUT2D eigenvalue weighted by molar-refractivity contribution is 6.30. The van der Waals surface area contributed by atoms with Crippen molar-refractivity contribution in [2.45, 2.75) is 38.1 Å². The molecular formula is C22H21ClFN3O. The highest BCUT2D eigenvalue weighted by atomic mass is 35.5. The number of aromatic nitrogens is 2. The summed E-state index contributed by atoms with van der Waals surface area (Å²) in [5.74, 6) is -0.584. The van der Waals surface area contributed by atoms with Crippen LogP contribution in [-0.2, 0) is 0 Å². The maximum Gasteiger partial charge on any atom is 0.270 e. The summed E-state index contributed by atoms with van der Waals surface area (Å²) in [4.78, 5) is 13.0. The van der Waals surface area contributed by atoms with Crippen molar-refractivity contribution >= 4 is 17.5 Å². The Hall–Kier alpha value is -2.66. The smallest absolute Gasteiger partial charge is 0.270 e. The number of rotatable bonds is 4. The van der Waals surface area contributed by atoms with Crippen LogP contribution < -0.4 is 5.32 Å². The van der Waals surface area contributed by atoms with Gasteiger partial charge in [-0.1, -0.05) is 49.1 Å². The second kappa shape index (κ2) is 8.15. The van der Waals surface area contributed by atoms with Gasteiger partial charge in [-0.15, -0.1) is 0 Å². The molecule has 0 radical (unpaired) electrons. The molecule has 1 heterocycles. The first-order chi connectivity index (χ1) is 13.6. The van der Waals surface area contributed by atoms with Gasteiger partial charge in [0, 0.05) is 16.6 Å². The normalized spacial score (nSPS) is 14.8. The number of amides is 1. The van der Waals surface area contributed by atoms with Crippen molar-refractivity contribution in [2.75, 3.05) is 0 Å². The highest BCUT2D eigenvalue weighted by Crippen LogP contribution is 2.26. The van der Waals surface area contributed by atoms with Crippen LogP contribution in [0, 0.1) is 5.82 Å². The zero-order valence-corrected chi connectivity index (χ0v) is 16.1. The summed E-state index contributed by atoms with van der Waals surface area (Å²) in [6.07, 6.45) is 5.43. The number of hydrogen-bond donors (Lipinski definition) is 1. The summed E-state index contributed by atoms with van der Waals surface area (Å²) in [5.41, 5.74) is 1.79. The number of carbonyl (C=O) groups excluding carboxylic acids is 1. The molecule has 0 unspecified atom stereocenters. The van der Waals surface area contributed by atoms with E-state index in [0.717, 1.165) is 25.7 Å². The third kappa shape index (κ3) is 3.94. The molecule has 0 bridgehead atoms.